The molecule has 0 atom stereocenters. The van der Waals surface area contributed by atoms with Crippen molar-refractivity contribution in [1.29, 1.82) is 0 Å². The Bertz CT molecular complexity index is 901. The van der Waals surface area contributed by atoms with Gasteiger partial charge in [-0.3, -0.25) is 14.9 Å². The van der Waals surface area contributed by atoms with Crippen LogP contribution in [0.3, 0.4) is 0 Å². The van der Waals surface area contributed by atoms with Crippen molar-refractivity contribution in [1.82, 2.24) is 4.98 Å². The zero-order chi connectivity index (χ0) is 19.2. The average molecular weight is 384 g/mol. The Hall–Kier alpha value is -3.13. The molecule has 2 N–H and O–H groups in total. The Morgan fingerprint density at radius 1 is 1.15 bits per heavy atom. The molecule has 27 heavy (non-hydrogen) atoms. The smallest absolute Gasteiger partial charge is 0.293 e. The van der Waals surface area contributed by atoms with Crippen molar-refractivity contribution in [2.45, 2.75) is 12.8 Å². The van der Waals surface area contributed by atoms with Crippen LogP contribution < -0.4 is 15.5 Å². The molecule has 0 fully saturated rings. The highest BCUT2D eigenvalue weighted by atomic mass is 32.1. The third-order valence-corrected chi connectivity index (χ3v) is 4.60. The lowest BCUT2D eigenvalue weighted by atomic mass is 10.2. The minimum atomic E-state index is -0.347. The van der Waals surface area contributed by atoms with Crippen LogP contribution in [0.25, 0.3) is 0 Å². The van der Waals surface area contributed by atoms with Gasteiger partial charge in [0.05, 0.1) is 12.0 Å². The summed E-state index contributed by atoms with van der Waals surface area (Å²) in [5.41, 5.74) is 2.59. The number of hydrogen-bond acceptors (Lipinski definition) is 6. The van der Waals surface area contributed by atoms with Gasteiger partial charge in [0.15, 0.2) is 10.9 Å². The highest BCUT2D eigenvalue weighted by molar-refractivity contribution is 7.13. The van der Waals surface area contributed by atoms with Crippen molar-refractivity contribution in [3.05, 3.63) is 59.5 Å². The number of anilines is 3. The van der Waals surface area contributed by atoms with Crippen LogP contribution >= 0.6 is 11.3 Å². The highest BCUT2D eigenvalue weighted by Gasteiger charge is 2.12. The third kappa shape index (κ3) is 5.18. The number of aryl methyl sites for hydroxylation is 1. The number of furan rings is 1. The molecule has 140 valence electrons. The molecule has 3 rings (SSSR count). The number of thiazole rings is 1. The largest absolute Gasteiger partial charge is 0.459 e. The molecule has 0 saturated carbocycles. The van der Waals surface area contributed by atoms with Gasteiger partial charge in [0.1, 0.15) is 0 Å². The Kier molecular flexibility index (Phi) is 5.87. The van der Waals surface area contributed by atoms with Gasteiger partial charge < -0.3 is 14.6 Å². The van der Waals surface area contributed by atoms with E-state index < -0.39 is 0 Å². The molecule has 0 aliphatic carbocycles. The van der Waals surface area contributed by atoms with E-state index in [0.717, 1.165) is 17.1 Å². The van der Waals surface area contributed by atoms with Crippen molar-refractivity contribution in [2.75, 3.05) is 29.6 Å². The third-order valence-electron chi connectivity index (χ3n) is 3.79. The monoisotopic (exact) mass is 384 g/mol. The summed E-state index contributed by atoms with van der Waals surface area (Å²) >= 11 is 1.31. The lowest BCUT2D eigenvalue weighted by molar-refractivity contribution is -0.116. The Morgan fingerprint density at radius 2 is 1.93 bits per heavy atom. The van der Waals surface area contributed by atoms with Crippen molar-refractivity contribution in [3.8, 4) is 0 Å². The van der Waals surface area contributed by atoms with Crippen LogP contribution in [-0.2, 0) is 11.2 Å². The molecule has 0 unspecified atom stereocenters. The van der Waals surface area contributed by atoms with Gasteiger partial charge >= 0.3 is 0 Å². The predicted molar refractivity (Wildman–Crippen MR) is 106 cm³/mol. The first-order valence-electron chi connectivity index (χ1n) is 8.38. The van der Waals surface area contributed by atoms with E-state index in [-0.39, 0.29) is 17.6 Å². The number of aromatic nitrogens is 1. The van der Waals surface area contributed by atoms with Gasteiger partial charge in [0, 0.05) is 37.3 Å². The second-order valence-corrected chi connectivity index (χ2v) is 6.92. The molecule has 1 aromatic carbocycles. The minimum Gasteiger partial charge on any atom is -0.459 e. The maximum atomic E-state index is 12.1. The number of benzene rings is 1. The van der Waals surface area contributed by atoms with Gasteiger partial charge in [0.25, 0.3) is 5.91 Å². The van der Waals surface area contributed by atoms with Gasteiger partial charge in [0.2, 0.25) is 5.91 Å². The van der Waals surface area contributed by atoms with Crippen LogP contribution in [0.2, 0.25) is 0 Å². The average Bonchev–Trinajstić information content (AvgIpc) is 3.32. The molecule has 0 aliphatic heterocycles. The van der Waals surface area contributed by atoms with Crippen molar-refractivity contribution in [3.63, 3.8) is 0 Å². The van der Waals surface area contributed by atoms with E-state index in [0.29, 0.717) is 18.0 Å². The van der Waals surface area contributed by atoms with E-state index in [2.05, 4.69) is 15.6 Å². The highest BCUT2D eigenvalue weighted by Crippen LogP contribution is 2.19. The number of carbonyl (C=O) groups excluding carboxylic acids is 2. The zero-order valence-electron chi connectivity index (χ0n) is 15.1. The summed E-state index contributed by atoms with van der Waals surface area (Å²) < 4.78 is 5.04. The normalized spacial score (nSPS) is 10.4. The second kappa shape index (κ2) is 8.50. The summed E-state index contributed by atoms with van der Waals surface area (Å²) in [5.74, 6) is -0.201. The predicted octanol–water partition coefficient (Wildman–Crippen LogP) is 3.63. The number of amides is 2. The van der Waals surface area contributed by atoms with Crippen LogP contribution in [0.1, 0.15) is 22.7 Å². The van der Waals surface area contributed by atoms with Crippen molar-refractivity contribution < 1.29 is 14.0 Å². The van der Waals surface area contributed by atoms with Crippen molar-refractivity contribution in [2.24, 2.45) is 0 Å². The fraction of sp³-hybridized carbons (Fsp3) is 0.211. The molecule has 0 spiro atoms. The molecule has 3 aromatic rings. The maximum absolute atomic E-state index is 12.1. The van der Waals surface area contributed by atoms with Gasteiger partial charge in [-0.2, -0.15) is 0 Å². The lowest BCUT2D eigenvalue weighted by Gasteiger charge is -2.13. The first-order valence-corrected chi connectivity index (χ1v) is 9.26. The van der Waals surface area contributed by atoms with Gasteiger partial charge in [-0.15, -0.1) is 11.3 Å². The van der Waals surface area contributed by atoms with E-state index in [1.807, 2.05) is 48.6 Å². The standard InChI is InChI=1S/C19H20N4O3S/c1-23(2)15-8-5-13(6-9-15)20-17(24)10-7-14-12-27-19(21-14)22-18(25)16-4-3-11-26-16/h3-6,8-9,11-12H,7,10H2,1-2H3,(H,20,24)(H,21,22,25). The molecule has 0 radical (unpaired) electrons. The molecular weight excluding hydrogens is 364 g/mol. The molecule has 2 amide bonds. The topological polar surface area (TPSA) is 87.5 Å². The molecule has 8 heteroatoms. The zero-order valence-corrected chi connectivity index (χ0v) is 15.9. The maximum Gasteiger partial charge on any atom is 0.293 e. The number of hydrogen-bond donors (Lipinski definition) is 2. The molecule has 0 bridgehead atoms. The lowest BCUT2D eigenvalue weighted by Crippen LogP contribution is -2.13. The summed E-state index contributed by atoms with van der Waals surface area (Å²) in [6, 6.07) is 10.9. The summed E-state index contributed by atoms with van der Waals surface area (Å²) in [7, 11) is 3.93. The first-order chi connectivity index (χ1) is 13.0. The number of nitrogens with one attached hydrogen (secondary N) is 2. The molecule has 7 nitrogen and oxygen atoms in total. The van der Waals surface area contributed by atoms with E-state index in [1.54, 1.807) is 12.1 Å². The fourth-order valence-corrected chi connectivity index (χ4v) is 3.09. The van der Waals surface area contributed by atoms with Crippen LogP contribution in [0, 0.1) is 0 Å². The molecular formula is C19H20N4O3S. The summed E-state index contributed by atoms with van der Waals surface area (Å²) in [6.07, 6.45) is 2.24. The van der Waals surface area contributed by atoms with E-state index in [9.17, 15) is 9.59 Å². The van der Waals surface area contributed by atoms with E-state index >= 15 is 0 Å². The molecule has 2 heterocycles. The Balaban J connectivity index is 1.47. The van der Waals surface area contributed by atoms with E-state index in [4.69, 9.17) is 4.42 Å². The van der Waals surface area contributed by atoms with Crippen LogP contribution in [0.15, 0.2) is 52.5 Å². The Labute approximate surface area is 161 Å². The molecule has 2 aromatic heterocycles. The van der Waals surface area contributed by atoms with E-state index in [1.165, 1.54) is 17.6 Å². The summed E-state index contributed by atoms with van der Waals surface area (Å²) in [5, 5.41) is 7.86. The number of rotatable bonds is 7. The quantitative estimate of drug-likeness (QED) is 0.650. The van der Waals surface area contributed by atoms with Gasteiger partial charge in [-0.05, 0) is 42.8 Å². The fourth-order valence-electron chi connectivity index (χ4n) is 2.35. The SMILES string of the molecule is CN(C)c1ccc(NC(=O)CCc2csc(NC(=O)c3ccco3)n2)cc1. The number of nitrogens with zero attached hydrogens (tertiary/aromatic N) is 2. The van der Waals surface area contributed by atoms with Gasteiger partial charge in [-0.25, -0.2) is 4.98 Å². The van der Waals surface area contributed by atoms with Crippen LogP contribution in [0.4, 0.5) is 16.5 Å². The minimum absolute atomic E-state index is 0.0817. The number of carbonyl (C=O) groups is 2. The van der Waals surface area contributed by atoms with Gasteiger partial charge in [-0.1, -0.05) is 0 Å². The first kappa shape index (κ1) is 18.7. The second-order valence-electron chi connectivity index (χ2n) is 6.06. The van der Waals surface area contributed by atoms with Crippen LogP contribution in [0.5, 0.6) is 0 Å². The molecule has 0 aliphatic rings. The van der Waals surface area contributed by atoms with Crippen LogP contribution in [-0.4, -0.2) is 30.9 Å². The summed E-state index contributed by atoms with van der Waals surface area (Å²) in [4.78, 5) is 30.4. The Morgan fingerprint density at radius 3 is 2.59 bits per heavy atom. The van der Waals surface area contributed by atoms with Crippen molar-refractivity contribution >= 4 is 39.7 Å². The summed E-state index contributed by atoms with van der Waals surface area (Å²) in [6.45, 7) is 0. The molecule has 0 saturated heterocycles.